The largest absolute Gasteiger partial charge is 0.444 e. The molecule has 5 heteroatoms. The van der Waals surface area contributed by atoms with Gasteiger partial charge in [-0.15, -0.1) is 0 Å². The SMILES string of the molecule is CC(C)c1ccc(N)cc1N1CCN(C(=O)OC(C)(C)C)CC1. The van der Waals surface area contributed by atoms with Crippen LogP contribution in [0.15, 0.2) is 18.2 Å². The monoisotopic (exact) mass is 319 g/mol. The Balaban J connectivity index is 2.05. The maximum Gasteiger partial charge on any atom is 0.410 e. The van der Waals surface area contributed by atoms with Crippen LogP contribution in [0, 0.1) is 0 Å². The van der Waals surface area contributed by atoms with Gasteiger partial charge in [-0.1, -0.05) is 19.9 Å². The van der Waals surface area contributed by atoms with Crippen LogP contribution >= 0.6 is 0 Å². The average molecular weight is 319 g/mol. The molecule has 0 unspecified atom stereocenters. The zero-order chi connectivity index (χ0) is 17.2. The number of hydrogen-bond donors (Lipinski definition) is 1. The van der Waals surface area contributed by atoms with Crippen molar-refractivity contribution in [2.75, 3.05) is 36.8 Å². The van der Waals surface area contributed by atoms with Crippen molar-refractivity contribution in [2.45, 2.75) is 46.1 Å². The minimum absolute atomic E-state index is 0.228. The molecule has 1 aliphatic rings. The van der Waals surface area contributed by atoms with Crippen molar-refractivity contribution in [3.63, 3.8) is 0 Å². The number of nitrogens with zero attached hydrogens (tertiary/aromatic N) is 2. The third-order valence-corrected chi connectivity index (χ3v) is 3.95. The van der Waals surface area contributed by atoms with E-state index in [1.165, 1.54) is 11.3 Å². The van der Waals surface area contributed by atoms with Gasteiger partial charge in [0.2, 0.25) is 0 Å². The second kappa shape index (κ2) is 6.69. The molecule has 0 atom stereocenters. The van der Waals surface area contributed by atoms with Crippen molar-refractivity contribution in [2.24, 2.45) is 0 Å². The molecule has 2 rings (SSSR count). The zero-order valence-corrected chi connectivity index (χ0v) is 14.9. The first-order valence-electron chi connectivity index (χ1n) is 8.29. The lowest BCUT2D eigenvalue weighted by Crippen LogP contribution is -2.50. The highest BCUT2D eigenvalue weighted by Gasteiger charge is 2.26. The Hall–Kier alpha value is -1.91. The van der Waals surface area contributed by atoms with E-state index in [-0.39, 0.29) is 6.09 Å². The highest BCUT2D eigenvalue weighted by Crippen LogP contribution is 2.30. The number of benzene rings is 1. The van der Waals surface area contributed by atoms with E-state index in [1.807, 2.05) is 32.9 Å². The van der Waals surface area contributed by atoms with Crippen LogP contribution in [0.5, 0.6) is 0 Å². The first kappa shape index (κ1) is 17.4. The Bertz CT molecular complexity index is 556. The smallest absolute Gasteiger partial charge is 0.410 e. The van der Waals surface area contributed by atoms with Crippen LogP contribution in [0.1, 0.15) is 46.1 Å². The van der Waals surface area contributed by atoms with E-state index in [4.69, 9.17) is 10.5 Å². The number of carbonyl (C=O) groups is 1. The van der Waals surface area contributed by atoms with Gasteiger partial charge in [0.1, 0.15) is 5.60 Å². The van der Waals surface area contributed by atoms with Crippen LogP contribution in [0.4, 0.5) is 16.2 Å². The number of rotatable bonds is 2. The fraction of sp³-hybridized carbons (Fsp3) is 0.611. The molecule has 23 heavy (non-hydrogen) atoms. The molecule has 1 amide bonds. The molecule has 5 nitrogen and oxygen atoms in total. The summed E-state index contributed by atoms with van der Waals surface area (Å²) in [5.41, 5.74) is 8.77. The molecular formula is C18H29N3O2. The van der Waals surface area contributed by atoms with E-state index < -0.39 is 5.60 Å². The molecule has 1 aromatic carbocycles. The number of amides is 1. The van der Waals surface area contributed by atoms with Crippen LogP contribution in [-0.4, -0.2) is 42.8 Å². The third kappa shape index (κ3) is 4.53. The molecule has 0 aliphatic carbocycles. The Kier molecular flexibility index (Phi) is 5.07. The highest BCUT2D eigenvalue weighted by molar-refractivity contribution is 5.69. The second-order valence-electron chi connectivity index (χ2n) is 7.43. The standard InChI is InChI=1S/C18H29N3O2/c1-13(2)15-7-6-14(19)12-16(15)20-8-10-21(11-9-20)17(22)23-18(3,4)5/h6-7,12-13H,8-11,19H2,1-5H3. The van der Waals surface area contributed by atoms with Crippen molar-refractivity contribution in [3.8, 4) is 0 Å². The summed E-state index contributed by atoms with van der Waals surface area (Å²) in [5, 5.41) is 0. The van der Waals surface area contributed by atoms with Gasteiger partial charge in [-0.05, 0) is 44.4 Å². The first-order valence-corrected chi connectivity index (χ1v) is 8.29. The number of carbonyl (C=O) groups excluding carboxylic acids is 1. The average Bonchev–Trinajstić information content (AvgIpc) is 2.45. The van der Waals surface area contributed by atoms with Crippen molar-refractivity contribution in [3.05, 3.63) is 23.8 Å². The number of nitrogens with two attached hydrogens (primary N) is 1. The van der Waals surface area contributed by atoms with Gasteiger partial charge >= 0.3 is 6.09 Å². The molecule has 0 spiro atoms. The summed E-state index contributed by atoms with van der Waals surface area (Å²) in [4.78, 5) is 16.2. The Labute approximate surface area is 139 Å². The van der Waals surface area contributed by atoms with Crippen molar-refractivity contribution in [1.82, 2.24) is 4.90 Å². The Morgan fingerprint density at radius 1 is 1.17 bits per heavy atom. The second-order valence-corrected chi connectivity index (χ2v) is 7.43. The zero-order valence-electron chi connectivity index (χ0n) is 14.9. The minimum atomic E-state index is -0.451. The van der Waals surface area contributed by atoms with Gasteiger partial charge < -0.3 is 20.3 Å². The Morgan fingerprint density at radius 2 is 1.78 bits per heavy atom. The number of piperazine rings is 1. The van der Waals surface area contributed by atoms with E-state index in [1.54, 1.807) is 4.90 Å². The van der Waals surface area contributed by atoms with E-state index in [0.29, 0.717) is 19.0 Å². The summed E-state index contributed by atoms with van der Waals surface area (Å²) in [6, 6.07) is 6.10. The summed E-state index contributed by atoms with van der Waals surface area (Å²) in [7, 11) is 0. The molecule has 0 saturated carbocycles. The van der Waals surface area contributed by atoms with Crippen LogP contribution in [0.25, 0.3) is 0 Å². The van der Waals surface area contributed by atoms with Gasteiger partial charge in [-0.3, -0.25) is 0 Å². The van der Waals surface area contributed by atoms with E-state index in [9.17, 15) is 4.79 Å². The lowest BCUT2D eigenvalue weighted by atomic mass is 9.99. The predicted octanol–water partition coefficient (Wildman–Crippen LogP) is 3.45. The van der Waals surface area contributed by atoms with Crippen LogP contribution < -0.4 is 10.6 Å². The quantitative estimate of drug-likeness (QED) is 0.848. The van der Waals surface area contributed by atoms with Gasteiger partial charge in [-0.25, -0.2) is 4.79 Å². The van der Waals surface area contributed by atoms with Crippen molar-refractivity contribution in [1.29, 1.82) is 0 Å². The Morgan fingerprint density at radius 3 is 2.30 bits per heavy atom. The van der Waals surface area contributed by atoms with Gasteiger partial charge in [-0.2, -0.15) is 0 Å². The molecule has 128 valence electrons. The molecule has 2 N–H and O–H groups in total. The molecule has 0 aromatic heterocycles. The normalized spacial score (nSPS) is 15.9. The summed E-state index contributed by atoms with van der Waals surface area (Å²) in [6.45, 7) is 13.0. The molecule has 1 heterocycles. The summed E-state index contributed by atoms with van der Waals surface area (Å²) in [5.74, 6) is 0.439. The molecule has 1 saturated heterocycles. The number of ether oxygens (including phenoxy) is 1. The lowest BCUT2D eigenvalue weighted by molar-refractivity contribution is 0.0240. The summed E-state index contributed by atoms with van der Waals surface area (Å²) in [6.07, 6.45) is -0.228. The minimum Gasteiger partial charge on any atom is -0.444 e. The molecule has 1 aliphatic heterocycles. The van der Waals surface area contributed by atoms with Gasteiger partial charge in [0.15, 0.2) is 0 Å². The topological polar surface area (TPSA) is 58.8 Å². The predicted molar refractivity (Wildman–Crippen MR) is 95.0 cm³/mol. The number of nitrogen functional groups attached to an aromatic ring is 1. The van der Waals surface area contributed by atoms with E-state index in [0.717, 1.165) is 18.8 Å². The molecular weight excluding hydrogens is 290 g/mol. The summed E-state index contributed by atoms with van der Waals surface area (Å²) >= 11 is 0. The highest BCUT2D eigenvalue weighted by atomic mass is 16.6. The lowest BCUT2D eigenvalue weighted by Gasteiger charge is -2.38. The van der Waals surface area contributed by atoms with Crippen molar-refractivity contribution >= 4 is 17.5 Å². The van der Waals surface area contributed by atoms with Gasteiger partial charge in [0.25, 0.3) is 0 Å². The number of hydrogen-bond acceptors (Lipinski definition) is 4. The molecule has 0 radical (unpaired) electrons. The summed E-state index contributed by atoms with van der Waals surface area (Å²) < 4.78 is 5.45. The van der Waals surface area contributed by atoms with Gasteiger partial charge in [0.05, 0.1) is 0 Å². The first-order chi connectivity index (χ1) is 10.7. The maximum absolute atomic E-state index is 12.2. The molecule has 1 fully saturated rings. The van der Waals surface area contributed by atoms with E-state index >= 15 is 0 Å². The third-order valence-electron chi connectivity index (χ3n) is 3.95. The molecule has 0 bridgehead atoms. The number of anilines is 2. The van der Waals surface area contributed by atoms with Gasteiger partial charge in [0, 0.05) is 37.6 Å². The maximum atomic E-state index is 12.2. The molecule has 1 aromatic rings. The van der Waals surface area contributed by atoms with Crippen molar-refractivity contribution < 1.29 is 9.53 Å². The van der Waals surface area contributed by atoms with Crippen LogP contribution in [-0.2, 0) is 4.74 Å². The van der Waals surface area contributed by atoms with Crippen LogP contribution in [0.3, 0.4) is 0 Å². The fourth-order valence-corrected chi connectivity index (χ4v) is 2.78. The van der Waals surface area contributed by atoms with Crippen LogP contribution in [0.2, 0.25) is 0 Å². The fourth-order valence-electron chi connectivity index (χ4n) is 2.78. The van der Waals surface area contributed by atoms with E-state index in [2.05, 4.69) is 24.8 Å².